The summed E-state index contributed by atoms with van der Waals surface area (Å²) in [5.74, 6) is -1.04. The van der Waals surface area contributed by atoms with Gasteiger partial charge in [0.05, 0.1) is 5.56 Å². The smallest absolute Gasteiger partial charge is 0.254 e. The highest BCUT2D eigenvalue weighted by Gasteiger charge is 2.12. The number of nitrogens with zero attached hydrogens (tertiary/aromatic N) is 2. The number of carbonyl (C=O) groups excluding carboxylic acids is 1. The van der Waals surface area contributed by atoms with E-state index in [-0.39, 0.29) is 12.1 Å². The van der Waals surface area contributed by atoms with Crippen molar-refractivity contribution in [1.82, 2.24) is 20.5 Å². The molecule has 0 unspecified atom stereocenters. The van der Waals surface area contributed by atoms with Crippen molar-refractivity contribution in [3.8, 4) is 11.4 Å². The highest BCUT2D eigenvalue weighted by molar-refractivity contribution is 5.94. The molecule has 0 fully saturated rings. The van der Waals surface area contributed by atoms with Gasteiger partial charge in [0.15, 0.2) is 5.82 Å². The molecule has 122 valence electrons. The Bertz CT molecular complexity index is 849. The molecule has 0 aliphatic rings. The Labute approximate surface area is 136 Å². The fourth-order valence-electron chi connectivity index (χ4n) is 2.19. The fourth-order valence-corrected chi connectivity index (χ4v) is 2.19. The number of rotatable bonds is 5. The van der Waals surface area contributed by atoms with Crippen LogP contribution in [0, 0.1) is 11.6 Å². The first-order chi connectivity index (χ1) is 11.6. The quantitative estimate of drug-likeness (QED) is 0.756. The molecule has 0 spiro atoms. The lowest BCUT2D eigenvalue weighted by atomic mass is 10.2. The molecule has 0 saturated carbocycles. The second-order valence-electron chi connectivity index (χ2n) is 5.10. The number of carbonyl (C=O) groups is 1. The first-order valence-electron chi connectivity index (χ1n) is 7.33. The van der Waals surface area contributed by atoms with Gasteiger partial charge in [-0.3, -0.25) is 9.89 Å². The molecule has 2 aromatic carbocycles. The van der Waals surface area contributed by atoms with Gasteiger partial charge in [0, 0.05) is 24.6 Å². The van der Waals surface area contributed by atoms with Crippen LogP contribution in [0.25, 0.3) is 11.4 Å². The van der Waals surface area contributed by atoms with Crippen LogP contribution in [0.3, 0.4) is 0 Å². The third kappa shape index (κ3) is 3.62. The van der Waals surface area contributed by atoms with Gasteiger partial charge in [0.1, 0.15) is 17.5 Å². The summed E-state index contributed by atoms with van der Waals surface area (Å²) in [6.45, 7) is 0.249. The van der Waals surface area contributed by atoms with Gasteiger partial charge in [-0.25, -0.2) is 13.8 Å². The predicted molar refractivity (Wildman–Crippen MR) is 84.2 cm³/mol. The summed E-state index contributed by atoms with van der Waals surface area (Å²) in [4.78, 5) is 16.2. The van der Waals surface area contributed by atoms with E-state index in [2.05, 4.69) is 20.5 Å². The molecule has 0 radical (unpaired) electrons. The number of H-pyrrole nitrogens is 1. The van der Waals surface area contributed by atoms with Crippen LogP contribution in [0.15, 0.2) is 48.5 Å². The Morgan fingerprint density at radius 3 is 2.67 bits per heavy atom. The highest BCUT2D eigenvalue weighted by Crippen LogP contribution is 2.13. The van der Waals surface area contributed by atoms with Gasteiger partial charge >= 0.3 is 0 Å². The molecule has 0 aliphatic carbocycles. The molecule has 0 bridgehead atoms. The SMILES string of the molecule is O=C(NCCc1nc(-c2ccccc2)n[nH]1)c1ccc(F)cc1F. The van der Waals surface area contributed by atoms with Crippen LogP contribution in [-0.4, -0.2) is 27.6 Å². The topological polar surface area (TPSA) is 70.7 Å². The molecular weight excluding hydrogens is 314 g/mol. The Kier molecular flexibility index (Phi) is 4.60. The second-order valence-corrected chi connectivity index (χ2v) is 5.10. The van der Waals surface area contributed by atoms with Gasteiger partial charge < -0.3 is 5.32 Å². The average Bonchev–Trinajstić information content (AvgIpc) is 3.04. The maximum atomic E-state index is 13.5. The Balaban J connectivity index is 1.57. The van der Waals surface area contributed by atoms with Crippen LogP contribution in [-0.2, 0) is 6.42 Å². The zero-order valence-electron chi connectivity index (χ0n) is 12.6. The summed E-state index contributed by atoms with van der Waals surface area (Å²) >= 11 is 0. The molecule has 1 amide bonds. The first kappa shape index (κ1) is 15.8. The number of nitrogens with one attached hydrogen (secondary N) is 2. The van der Waals surface area contributed by atoms with E-state index in [0.717, 1.165) is 17.7 Å². The Morgan fingerprint density at radius 1 is 1.12 bits per heavy atom. The second kappa shape index (κ2) is 6.99. The largest absolute Gasteiger partial charge is 0.351 e. The fraction of sp³-hybridized carbons (Fsp3) is 0.118. The predicted octanol–water partition coefficient (Wildman–Crippen LogP) is 2.72. The molecule has 5 nitrogen and oxygen atoms in total. The minimum Gasteiger partial charge on any atom is -0.351 e. The third-order valence-corrected chi connectivity index (χ3v) is 3.39. The van der Waals surface area contributed by atoms with Gasteiger partial charge in [-0.05, 0) is 12.1 Å². The van der Waals surface area contributed by atoms with E-state index in [1.165, 1.54) is 0 Å². The molecular formula is C17H14F2N4O. The molecule has 24 heavy (non-hydrogen) atoms. The monoisotopic (exact) mass is 328 g/mol. The number of amides is 1. The summed E-state index contributed by atoms with van der Waals surface area (Å²) < 4.78 is 26.3. The number of hydrogen-bond acceptors (Lipinski definition) is 3. The van der Waals surface area contributed by atoms with E-state index in [9.17, 15) is 13.6 Å². The van der Waals surface area contributed by atoms with Crippen LogP contribution >= 0.6 is 0 Å². The summed E-state index contributed by atoms with van der Waals surface area (Å²) in [5, 5.41) is 9.48. The number of benzene rings is 2. The van der Waals surface area contributed by atoms with Crippen molar-refractivity contribution < 1.29 is 13.6 Å². The van der Waals surface area contributed by atoms with Crippen LogP contribution in [0.4, 0.5) is 8.78 Å². The lowest BCUT2D eigenvalue weighted by molar-refractivity contribution is 0.0950. The number of aromatic nitrogens is 3. The van der Waals surface area contributed by atoms with Crippen molar-refractivity contribution in [3.05, 3.63) is 71.6 Å². The van der Waals surface area contributed by atoms with Crippen molar-refractivity contribution in [2.75, 3.05) is 6.54 Å². The van der Waals surface area contributed by atoms with Crippen LogP contribution in [0.5, 0.6) is 0 Å². The van der Waals surface area contributed by atoms with E-state index in [4.69, 9.17) is 0 Å². The van der Waals surface area contributed by atoms with E-state index in [1.54, 1.807) is 0 Å². The summed E-state index contributed by atoms with van der Waals surface area (Å²) in [6.07, 6.45) is 0.411. The maximum Gasteiger partial charge on any atom is 0.254 e. The number of halogens is 2. The molecule has 0 saturated heterocycles. The Hall–Kier alpha value is -3.09. The van der Waals surface area contributed by atoms with E-state index in [1.807, 2.05) is 30.3 Å². The van der Waals surface area contributed by atoms with Crippen molar-refractivity contribution in [2.45, 2.75) is 6.42 Å². The van der Waals surface area contributed by atoms with Crippen molar-refractivity contribution in [1.29, 1.82) is 0 Å². The zero-order chi connectivity index (χ0) is 16.9. The number of hydrogen-bond donors (Lipinski definition) is 2. The number of aromatic amines is 1. The van der Waals surface area contributed by atoms with Crippen molar-refractivity contribution >= 4 is 5.91 Å². The molecule has 1 heterocycles. The minimum atomic E-state index is -0.890. The van der Waals surface area contributed by atoms with Crippen LogP contribution in [0.1, 0.15) is 16.2 Å². The van der Waals surface area contributed by atoms with Gasteiger partial charge in [-0.2, -0.15) is 5.10 Å². The molecule has 2 N–H and O–H groups in total. The molecule has 7 heteroatoms. The van der Waals surface area contributed by atoms with E-state index < -0.39 is 17.5 Å². The van der Waals surface area contributed by atoms with E-state index in [0.29, 0.717) is 24.1 Å². The minimum absolute atomic E-state index is 0.195. The molecule has 0 aliphatic heterocycles. The van der Waals surface area contributed by atoms with Gasteiger partial charge in [-0.15, -0.1) is 0 Å². The van der Waals surface area contributed by atoms with Gasteiger partial charge in [0.2, 0.25) is 0 Å². The summed E-state index contributed by atoms with van der Waals surface area (Å²) in [6, 6.07) is 12.3. The van der Waals surface area contributed by atoms with E-state index >= 15 is 0 Å². The van der Waals surface area contributed by atoms with Crippen molar-refractivity contribution in [2.24, 2.45) is 0 Å². The molecule has 1 aromatic heterocycles. The maximum absolute atomic E-state index is 13.5. The molecule has 0 atom stereocenters. The van der Waals surface area contributed by atoms with Gasteiger partial charge in [0.25, 0.3) is 5.91 Å². The highest BCUT2D eigenvalue weighted by atomic mass is 19.1. The summed E-state index contributed by atoms with van der Waals surface area (Å²) in [5.41, 5.74) is 0.691. The van der Waals surface area contributed by atoms with Gasteiger partial charge in [-0.1, -0.05) is 30.3 Å². The molecule has 3 aromatic rings. The lowest BCUT2D eigenvalue weighted by Gasteiger charge is -2.05. The third-order valence-electron chi connectivity index (χ3n) is 3.39. The summed E-state index contributed by atoms with van der Waals surface area (Å²) in [7, 11) is 0. The van der Waals surface area contributed by atoms with Crippen LogP contribution in [0.2, 0.25) is 0 Å². The van der Waals surface area contributed by atoms with Crippen LogP contribution < -0.4 is 5.32 Å². The normalized spacial score (nSPS) is 10.6. The standard InChI is InChI=1S/C17H14F2N4O/c18-12-6-7-13(14(19)10-12)17(24)20-9-8-15-21-16(23-22-15)11-4-2-1-3-5-11/h1-7,10H,8-9H2,(H,20,24)(H,21,22,23). The average molecular weight is 328 g/mol. The molecule has 3 rings (SSSR count). The first-order valence-corrected chi connectivity index (χ1v) is 7.33. The lowest BCUT2D eigenvalue weighted by Crippen LogP contribution is -2.26. The zero-order valence-corrected chi connectivity index (χ0v) is 12.6. The Morgan fingerprint density at radius 2 is 1.92 bits per heavy atom. The van der Waals surface area contributed by atoms with Crippen molar-refractivity contribution in [3.63, 3.8) is 0 Å².